The van der Waals surface area contributed by atoms with Gasteiger partial charge in [0.1, 0.15) is 5.71 Å². The zero-order chi connectivity index (χ0) is 15.6. The third kappa shape index (κ3) is 3.72. The molecule has 1 aliphatic heterocycles. The van der Waals surface area contributed by atoms with E-state index < -0.39 is 17.6 Å². The average molecular weight is 320 g/mol. The monoisotopic (exact) mass is 319 g/mol. The van der Waals surface area contributed by atoms with E-state index in [0.29, 0.717) is 0 Å². The van der Waals surface area contributed by atoms with Crippen LogP contribution in [0, 0.1) is 0 Å². The molecule has 0 aliphatic carbocycles. The molecule has 0 fully saturated rings. The molecule has 9 heteroatoms. The van der Waals surface area contributed by atoms with Crippen LogP contribution in [0.2, 0.25) is 5.02 Å². The molecule has 5 nitrogen and oxygen atoms in total. The summed E-state index contributed by atoms with van der Waals surface area (Å²) in [7, 11) is 0. The fraction of sp³-hybridized carbons (Fsp3) is 0.250. The smallest absolute Gasteiger partial charge is 0.320 e. The Morgan fingerprint density at radius 2 is 2.05 bits per heavy atom. The lowest BCUT2D eigenvalue weighted by Gasteiger charge is -2.14. The number of amides is 2. The molecule has 0 unspecified atom stereocenters. The third-order valence-corrected chi connectivity index (χ3v) is 3.04. The van der Waals surface area contributed by atoms with Crippen LogP contribution in [0.3, 0.4) is 0 Å². The van der Waals surface area contributed by atoms with Crippen molar-refractivity contribution >= 4 is 34.8 Å². The van der Waals surface area contributed by atoms with Gasteiger partial charge >= 0.3 is 6.18 Å². The molecule has 0 spiro atoms. The molecule has 0 saturated heterocycles. The van der Waals surface area contributed by atoms with Crippen LogP contribution >= 0.6 is 11.6 Å². The molecule has 1 heterocycles. The first-order valence-corrected chi connectivity index (χ1v) is 6.18. The van der Waals surface area contributed by atoms with E-state index in [1.807, 2.05) is 0 Å². The van der Waals surface area contributed by atoms with Gasteiger partial charge < -0.3 is 5.32 Å². The molecule has 2 amide bonds. The van der Waals surface area contributed by atoms with Crippen molar-refractivity contribution in [2.24, 2.45) is 5.10 Å². The molecule has 0 saturated carbocycles. The van der Waals surface area contributed by atoms with Crippen molar-refractivity contribution in [1.29, 1.82) is 0 Å². The van der Waals surface area contributed by atoms with Gasteiger partial charge in [0.25, 0.3) is 5.91 Å². The SMILES string of the molecule is O=C1CCC(C(=O)Nc2cc(C(F)(F)F)ccc2Cl)=NN1. The van der Waals surface area contributed by atoms with Crippen molar-refractivity contribution in [3.05, 3.63) is 28.8 Å². The molecule has 0 atom stereocenters. The van der Waals surface area contributed by atoms with Crippen LogP contribution in [0.25, 0.3) is 0 Å². The second-order valence-electron chi connectivity index (χ2n) is 4.24. The van der Waals surface area contributed by atoms with Crippen LogP contribution in [-0.4, -0.2) is 17.5 Å². The number of nitrogens with one attached hydrogen (secondary N) is 2. The molecule has 2 rings (SSSR count). The van der Waals surface area contributed by atoms with Crippen molar-refractivity contribution in [1.82, 2.24) is 5.43 Å². The Bertz CT molecular complexity index is 629. The molecular weight excluding hydrogens is 311 g/mol. The van der Waals surface area contributed by atoms with Crippen LogP contribution in [0.4, 0.5) is 18.9 Å². The van der Waals surface area contributed by atoms with Gasteiger partial charge in [-0.1, -0.05) is 11.6 Å². The maximum atomic E-state index is 12.6. The summed E-state index contributed by atoms with van der Waals surface area (Å²) in [4.78, 5) is 22.8. The lowest BCUT2D eigenvalue weighted by Crippen LogP contribution is -2.32. The summed E-state index contributed by atoms with van der Waals surface area (Å²) < 4.78 is 37.8. The van der Waals surface area contributed by atoms with Crippen molar-refractivity contribution in [2.75, 3.05) is 5.32 Å². The molecular formula is C12H9ClF3N3O2. The number of hydrazone groups is 1. The molecule has 21 heavy (non-hydrogen) atoms. The summed E-state index contributed by atoms with van der Waals surface area (Å²) in [5.74, 6) is -1.04. The van der Waals surface area contributed by atoms with Crippen molar-refractivity contribution in [2.45, 2.75) is 19.0 Å². The third-order valence-electron chi connectivity index (χ3n) is 2.71. The van der Waals surface area contributed by atoms with E-state index in [1.165, 1.54) is 0 Å². The number of rotatable bonds is 2. The minimum absolute atomic E-state index is 0.0167. The standard InChI is InChI=1S/C12H9ClF3N3O2/c13-7-2-1-6(12(14,15)16)5-9(7)17-11(21)8-3-4-10(20)19-18-8/h1-2,5H,3-4H2,(H,17,21)(H,19,20). The van der Waals surface area contributed by atoms with Gasteiger partial charge in [0, 0.05) is 12.8 Å². The first-order chi connectivity index (χ1) is 9.77. The number of carbonyl (C=O) groups excluding carboxylic acids is 2. The van der Waals surface area contributed by atoms with Crippen LogP contribution in [0.15, 0.2) is 23.3 Å². The highest BCUT2D eigenvalue weighted by molar-refractivity contribution is 6.44. The number of benzene rings is 1. The van der Waals surface area contributed by atoms with Gasteiger partial charge in [-0.3, -0.25) is 9.59 Å². The molecule has 112 valence electrons. The average Bonchev–Trinajstić information content (AvgIpc) is 2.40. The Kier molecular flexibility index (Phi) is 4.17. The largest absolute Gasteiger partial charge is 0.416 e. The Labute approximate surface area is 122 Å². The molecule has 0 radical (unpaired) electrons. The summed E-state index contributed by atoms with van der Waals surface area (Å²) in [6.07, 6.45) is -4.35. The molecule has 0 bridgehead atoms. The van der Waals surface area contributed by atoms with E-state index >= 15 is 0 Å². The Morgan fingerprint density at radius 1 is 1.33 bits per heavy atom. The maximum absolute atomic E-state index is 12.6. The highest BCUT2D eigenvalue weighted by atomic mass is 35.5. The fourth-order valence-corrected chi connectivity index (χ4v) is 1.79. The molecule has 1 aromatic rings. The van der Waals surface area contributed by atoms with Crippen LogP contribution in [0.5, 0.6) is 0 Å². The maximum Gasteiger partial charge on any atom is 0.416 e. The fourth-order valence-electron chi connectivity index (χ4n) is 1.63. The molecule has 2 N–H and O–H groups in total. The van der Waals surface area contributed by atoms with E-state index in [2.05, 4.69) is 15.8 Å². The first-order valence-electron chi connectivity index (χ1n) is 5.81. The van der Waals surface area contributed by atoms with Crippen LogP contribution in [0.1, 0.15) is 18.4 Å². The van der Waals surface area contributed by atoms with Gasteiger partial charge in [0.2, 0.25) is 5.91 Å². The zero-order valence-corrected chi connectivity index (χ0v) is 11.2. The lowest BCUT2D eigenvalue weighted by atomic mass is 10.1. The topological polar surface area (TPSA) is 70.6 Å². The number of hydrogen-bond acceptors (Lipinski definition) is 3. The second kappa shape index (κ2) is 5.72. The zero-order valence-electron chi connectivity index (χ0n) is 10.4. The van der Waals surface area contributed by atoms with E-state index in [0.717, 1.165) is 18.2 Å². The van der Waals surface area contributed by atoms with Crippen molar-refractivity contribution in [3.8, 4) is 0 Å². The highest BCUT2D eigenvalue weighted by Gasteiger charge is 2.31. The predicted molar refractivity (Wildman–Crippen MR) is 69.9 cm³/mol. The lowest BCUT2D eigenvalue weighted by molar-refractivity contribution is -0.137. The Morgan fingerprint density at radius 3 is 2.62 bits per heavy atom. The van der Waals surface area contributed by atoms with Crippen molar-refractivity contribution < 1.29 is 22.8 Å². The van der Waals surface area contributed by atoms with E-state index in [-0.39, 0.29) is 35.2 Å². The summed E-state index contributed by atoms with van der Waals surface area (Å²) >= 11 is 5.76. The Balaban J connectivity index is 2.19. The number of anilines is 1. The minimum Gasteiger partial charge on any atom is -0.320 e. The molecule has 0 aromatic heterocycles. The van der Waals surface area contributed by atoms with E-state index in [4.69, 9.17) is 11.6 Å². The summed E-state index contributed by atoms with van der Waals surface area (Å²) in [6, 6.07) is 2.60. The van der Waals surface area contributed by atoms with Gasteiger partial charge in [0.05, 0.1) is 16.3 Å². The van der Waals surface area contributed by atoms with E-state index in [1.54, 1.807) is 0 Å². The van der Waals surface area contributed by atoms with Crippen LogP contribution < -0.4 is 10.7 Å². The summed E-state index contributed by atoms with van der Waals surface area (Å²) in [5.41, 5.74) is 1.04. The van der Waals surface area contributed by atoms with Gasteiger partial charge in [-0.15, -0.1) is 0 Å². The van der Waals surface area contributed by atoms with Crippen molar-refractivity contribution in [3.63, 3.8) is 0 Å². The summed E-state index contributed by atoms with van der Waals surface area (Å²) in [5, 5.41) is 5.77. The molecule has 1 aliphatic rings. The highest BCUT2D eigenvalue weighted by Crippen LogP contribution is 2.33. The number of carbonyl (C=O) groups is 2. The number of hydrogen-bond donors (Lipinski definition) is 2. The quantitative estimate of drug-likeness (QED) is 0.879. The predicted octanol–water partition coefficient (Wildman–Crippen LogP) is 2.56. The van der Waals surface area contributed by atoms with E-state index in [9.17, 15) is 22.8 Å². The van der Waals surface area contributed by atoms with Gasteiger partial charge in [-0.05, 0) is 18.2 Å². The normalized spacial score (nSPS) is 15.2. The van der Waals surface area contributed by atoms with Crippen LogP contribution in [-0.2, 0) is 15.8 Å². The van der Waals surface area contributed by atoms with Gasteiger partial charge in [0.15, 0.2) is 0 Å². The van der Waals surface area contributed by atoms with Gasteiger partial charge in [-0.2, -0.15) is 18.3 Å². The minimum atomic E-state index is -4.54. The van der Waals surface area contributed by atoms with Gasteiger partial charge in [-0.25, -0.2) is 5.43 Å². The number of alkyl halides is 3. The summed E-state index contributed by atoms with van der Waals surface area (Å²) in [6.45, 7) is 0. The second-order valence-corrected chi connectivity index (χ2v) is 4.65. The number of halogens is 4. The number of nitrogens with zero attached hydrogens (tertiary/aromatic N) is 1. The first kappa shape index (κ1) is 15.3. The Hall–Kier alpha value is -2.09. The molecule has 1 aromatic carbocycles.